The summed E-state index contributed by atoms with van der Waals surface area (Å²) in [6.45, 7) is 7.33. The van der Waals surface area contributed by atoms with Gasteiger partial charge in [-0.1, -0.05) is 35.9 Å². The van der Waals surface area contributed by atoms with E-state index in [4.69, 9.17) is 11.6 Å². The predicted octanol–water partition coefficient (Wildman–Crippen LogP) is 3.91. The number of aryl methyl sites for hydroxylation is 2. The number of carbonyl (C=O) groups is 1. The molecule has 2 aromatic carbocycles. The Morgan fingerprint density at radius 2 is 1.81 bits per heavy atom. The monoisotopic (exact) mass is 408 g/mol. The molecule has 27 heavy (non-hydrogen) atoms. The highest BCUT2D eigenvalue weighted by Crippen LogP contribution is 2.28. The second-order valence-corrected chi connectivity index (χ2v) is 9.10. The van der Waals surface area contributed by atoms with Gasteiger partial charge in [0.25, 0.3) is 0 Å². The summed E-state index contributed by atoms with van der Waals surface area (Å²) in [5, 5.41) is 3.32. The van der Waals surface area contributed by atoms with Crippen LogP contribution in [0.25, 0.3) is 0 Å². The van der Waals surface area contributed by atoms with Crippen LogP contribution < -0.4 is 9.62 Å². The lowest BCUT2D eigenvalue weighted by atomic mass is 10.0. The van der Waals surface area contributed by atoms with E-state index in [9.17, 15) is 13.2 Å². The SMILES string of the molecule is Cc1ccc(C(C)NC(=O)CN(c2cccc(Cl)c2C)S(C)(=O)=O)cc1C. The largest absolute Gasteiger partial charge is 0.348 e. The molecule has 0 saturated carbocycles. The Bertz CT molecular complexity index is 958. The van der Waals surface area contributed by atoms with Gasteiger partial charge < -0.3 is 5.32 Å². The Morgan fingerprint density at radius 3 is 2.41 bits per heavy atom. The molecule has 2 rings (SSSR count). The van der Waals surface area contributed by atoms with Crippen molar-refractivity contribution in [2.24, 2.45) is 0 Å². The third-order valence-electron chi connectivity index (χ3n) is 4.60. The lowest BCUT2D eigenvalue weighted by molar-refractivity contribution is -0.120. The van der Waals surface area contributed by atoms with Crippen molar-refractivity contribution in [1.29, 1.82) is 0 Å². The molecule has 7 heteroatoms. The van der Waals surface area contributed by atoms with Gasteiger partial charge in [-0.25, -0.2) is 8.42 Å². The molecule has 146 valence electrons. The van der Waals surface area contributed by atoms with Crippen LogP contribution in [-0.2, 0) is 14.8 Å². The zero-order valence-corrected chi connectivity index (χ0v) is 17.8. The molecule has 0 fully saturated rings. The van der Waals surface area contributed by atoms with E-state index >= 15 is 0 Å². The Hall–Kier alpha value is -2.05. The molecule has 0 aliphatic heterocycles. The maximum Gasteiger partial charge on any atom is 0.241 e. The molecule has 1 amide bonds. The van der Waals surface area contributed by atoms with E-state index < -0.39 is 10.0 Å². The number of carbonyl (C=O) groups excluding carboxylic acids is 1. The molecule has 0 aromatic heterocycles. The fourth-order valence-corrected chi connectivity index (χ4v) is 3.86. The summed E-state index contributed by atoms with van der Waals surface area (Å²) in [4.78, 5) is 12.6. The van der Waals surface area contributed by atoms with E-state index in [-0.39, 0.29) is 18.5 Å². The van der Waals surface area contributed by atoms with Gasteiger partial charge in [-0.2, -0.15) is 0 Å². The van der Waals surface area contributed by atoms with Crippen molar-refractivity contribution in [3.8, 4) is 0 Å². The molecular weight excluding hydrogens is 384 g/mol. The minimum absolute atomic E-state index is 0.237. The van der Waals surface area contributed by atoms with Gasteiger partial charge in [-0.05, 0) is 62.1 Å². The maximum absolute atomic E-state index is 12.6. The first kappa shape index (κ1) is 21.3. The number of nitrogens with zero attached hydrogens (tertiary/aromatic N) is 1. The minimum atomic E-state index is -3.65. The highest BCUT2D eigenvalue weighted by atomic mass is 35.5. The van der Waals surface area contributed by atoms with Gasteiger partial charge >= 0.3 is 0 Å². The van der Waals surface area contributed by atoms with Crippen LogP contribution in [0.1, 0.15) is 35.2 Å². The molecule has 0 aliphatic carbocycles. The van der Waals surface area contributed by atoms with Gasteiger partial charge in [-0.3, -0.25) is 9.10 Å². The Morgan fingerprint density at radius 1 is 1.15 bits per heavy atom. The summed E-state index contributed by atoms with van der Waals surface area (Å²) in [5.41, 5.74) is 4.30. The minimum Gasteiger partial charge on any atom is -0.348 e. The van der Waals surface area contributed by atoms with Gasteiger partial charge in [-0.15, -0.1) is 0 Å². The van der Waals surface area contributed by atoms with E-state index in [1.54, 1.807) is 25.1 Å². The van der Waals surface area contributed by atoms with Crippen molar-refractivity contribution in [3.05, 3.63) is 63.7 Å². The van der Waals surface area contributed by atoms with Crippen molar-refractivity contribution in [2.75, 3.05) is 17.1 Å². The highest BCUT2D eigenvalue weighted by Gasteiger charge is 2.24. The van der Waals surface area contributed by atoms with E-state index in [1.807, 2.05) is 39.0 Å². The summed E-state index contributed by atoms with van der Waals surface area (Å²) < 4.78 is 25.6. The number of hydrogen-bond acceptors (Lipinski definition) is 3. The van der Waals surface area contributed by atoms with Crippen LogP contribution in [0.5, 0.6) is 0 Å². The van der Waals surface area contributed by atoms with Gasteiger partial charge in [0, 0.05) is 5.02 Å². The molecule has 0 radical (unpaired) electrons. The number of halogens is 1. The standard InChI is InChI=1S/C20H25ClN2O3S/c1-13-9-10-17(11-14(13)2)16(4)22-20(24)12-23(27(5,25)26)19-8-6-7-18(21)15(19)3/h6-11,16H,12H2,1-5H3,(H,22,24). The smallest absolute Gasteiger partial charge is 0.241 e. The van der Waals surface area contributed by atoms with Crippen LogP contribution in [-0.4, -0.2) is 27.1 Å². The Labute approximate surface area is 166 Å². The molecule has 0 heterocycles. The molecule has 0 aliphatic rings. The van der Waals surface area contributed by atoms with Crippen LogP contribution in [0.15, 0.2) is 36.4 Å². The van der Waals surface area contributed by atoms with E-state index in [0.29, 0.717) is 16.3 Å². The van der Waals surface area contributed by atoms with Crippen LogP contribution >= 0.6 is 11.6 Å². The quantitative estimate of drug-likeness (QED) is 0.787. The molecule has 1 unspecified atom stereocenters. The van der Waals surface area contributed by atoms with Crippen molar-refractivity contribution >= 4 is 33.2 Å². The number of benzene rings is 2. The first-order chi connectivity index (χ1) is 12.5. The number of sulfonamides is 1. The summed E-state index contributed by atoms with van der Waals surface area (Å²) in [7, 11) is -3.65. The van der Waals surface area contributed by atoms with Crippen molar-refractivity contribution in [1.82, 2.24) is 5.32 Å². The molecule has 0 saturated heterocycles. The number of anilines is 1. The zero-order valence-electron chi connectivity index (χ0n) is 16.2. The lowest BCUT2D eigenvalue weighted by Crippen LogP contribution is -2.41. The Balaban J connectivity index is 2.21. The summed E-state index contributed by atoms with van der Waals surface area (Å²) in [6.07, 6.45) is 1.08. The van der Waals surface area contributed by atoms with E-state index in [0.717, 1.165) is 21.7 Å². The highest BCUT2D eigenvalue weighted by molar-refractivity contribution is 7.92. The van der Waals surface area contributed by atoms with E-state index in [1.165, 1.54) is 5.56 Å². The summed E-state index contributed by atoms with van der Waals surface area (Å²) in [5.74, 6) is -0.384. The molecule has 2 aromatic rings. The van der Waals surface area contributed by atoms with Crippen LogP contribution in [0.4, 0.5) is 5.69 Å². The number of rotatable bonds is 6. The first-order valence-corrected chi connectivity index (χ1v) is 10.8. The third kappa shape index (κ3) is 5.23. The topological polar surface area (TPSA) is 66.5 Å². The summed E-state index contributed by atoms with van der Waals surface area (Å²) >= 11 is 6.11. The fraction of sp³-hybridized carbons (Fsp3) is 0.350. The maximum atomic E-state index is 12.6. The molecule has 1 atom stereocenters. The van der Waals surface area contributed by atoms with Gasteiger partial charge in [0.2, 0.25) is 15.9 Å². The molecular formula is C20H25ClN2O3S. The first-order valence-electron chi connectivity index (χ1n) is 8.60. The van der Waals surface area contributed by atoms with Crippen LogP contribution in [0.2, 0.25) is 5.02 Å². The van der Waals surface area contributed by atoms with Crippen molar-refractivity contribution in [2.45, 2.75) is 33.7 Å². The molecule has 0 bridgehead atoms. The van der Waals surface area contributed by atoms with Gasteiger partial charge in [0.15, 0.2) is 0 Å². The number of nitrogens with one attached hydrogen (secondary N) is 1. The van der Waals surface area contributed by atoms with Crippen molar-refractivity contribution in [3.63, 3.8) is 0 Å². The Kier molecular flexibility index (Phi) is 6.54. The van der Waals surface area contributed by atoms with Gasteiger partial charge in [0.1, 0.15) is 6.54 Å². The molecule has 5 nitrogen and oxygen atoms in total. The second kappa shape index (κ2) is 8.31. The average Bonchev–Trinajstić information content (AvgIpc) is 2.57. The normalized spacial score (nSPS) is 12.5. The fourth-order valence-electron chi connectivity index (χ4n) is 2.78. The lowest BCUT2D eigenvalue weighted by Gasteiger charge is -2.25. The third-order valence-corrected chi connectivity index (χ3v) is 6.14. The van der Waals surface area contributed by atoms with Crippen LogP contribution in [0, 0.1) is 20.8 Å². The van der Waals surface area contributed by atoms with Crippen molar-refractivity contribution < 1.29 is 13.2 Å². The second-order valence-electron chi connectivity index (χ2n) is 6.79. The van der Waals surface area contributed by atoms with E-state index in [2.05, 4.69) is 5.32 Å². The average molecular weight is 409 g/mol. The number of amides is 1. The molecule has 0 spiro atoms. The molecule has 1 N–H and O–H groups in total. The zero-order chi connectivity index (χ0) is 20.4. The van der Waals surface area contributed by atoms with Crippen LogP contribution in [0.3, 0.4) is 0 Å². The van der Waals surface area contributed by atoms with Gasteiger partial charge in [0.05, 0.1) is 18.0 Å². The number of hydrogen-bond donors (Lipinski definition) is 1. The summed E-state index contributed by atoms with van der Waals surface area (Å²) in [6, 6.07) is 10.7. The predicted molar refractivity (Wildman–Crippen MR) is 111 cm³/mol.